The topological polar surface area (TPSA) is 89.3 Å². The van der Waals surface area contributed by atoms with Crippen molar-refractivity contribution >= 4 is 17.6 Å². The van der Waals surface area contributed by atoms with Gasteiger partial charge in [-0.25, -0.2) is 0 Å². The average molecular weight is 241 g/mol. The largest absolute Gasteiger partial charge is 0.409 e. The van der Waals surface area contributed by atoms with Crippen molar-refractivity contribution in [3.8, 4) is 0 Å². The standard InChI is InChI=1S/C9H15N5OS/c10-7(13-15)6-16-9-12-11-8-4-2-1-3-5-14(8)9/h15H,1-6H2,(H2,10,13). The van der Waals surface area contributed by atoms with Crippen LogP contribution in [-0.2, 0) is 13.0 Å². The number of nitrogens with zero attached hydrogens (tertiary/aromatic N) is 4. The van der Waals surface area contributed by atoms with Crippen molar-refractivity contribution in [1.29, 1.82) is 0 Å². The van der Waals surface area contributed by atoms with Crippen LogP contribution in [0.1, 0.15) is 25.1 Å². The van der Waals surface area contributed by atoms with E-state index >= 15 is 0 Å². The molecule has 3 N–H and O–H groups in total. The molecule has 0 spiro atoms. The molecule has 16 heavy (non-hydrogen) atoms. The van der Waals surface area contributed by atoms with Crippen LogP contribution in [0.5, 0.6) is 0 Å². The minimum atomic E-state index is 0.205. The van der Waals surface area contributed by atoms with Crippen LogP contribution in [0.3, 0.4) is 0 Å². The first-order valence-corrected chi connectivity index (χ1v) is 6.31. The van der Waals surface area contributed by atoms with Crippen LogP contribution in [0.15, 0.2) is 10.3 Å². The number of thioether (sulfide) groups is 1. The maximum absolute atomic E-state index is 8.45. The summed E-state index contributed by atoms with van der Waals surface area (Å²) in [6, 6.07) is 0. The number of amidine groups is 1. The van der Waals surface area contributed by atoms with Gasteiger partial charge in [0.2, 0.25) is 0 Å². The molecule has 0 saturated carbocycles. The van der Waals surface area contributed by atoms with Crippen molar-refractivity contribution in [3.63, 3.8) is 0 Å². The summed E-state index contributed by atoms with van der Waals surface area (Å²) >= 11 is 1.46. The molecule has 7 heteroatoms. The van der Waals surface area contributed by atoms with Gasteiger partial charge < -0.3 is 15.5 Å². The number of oxime groups is 1. The molecule has 88 valence electrons. The van der Waals surface area contributed by atoms with Crippen LogP contribution in [-0.4, -0.2) is 31.6 Å². The van der Waals surface area contributed by atoms with Gasteiger partial charge in [-0.2, -0.15) is 0 Å². The van der Waals surface area contributed by atoms with E-state index in [0.29, 0.717) is 5.75 Å². The summed E-state index contributed by atoms with van der Waals surface area (Å²) in [5.74, 6) is 1.70. The summed E-state index contributed by atoms with van der Waals surface area (Å²) in [6.07, 6.45) is 4.59. The van der Waals surface area contributed by atoms with Gasteiger partial charge in [0, 0.05) is 13.0 Å². The van der Waals surface area contributed by atoms with E-state index < -0.39 is 0 Å². The molecule has 0 saturated heterocycles. The Morgan fingerprint density at radius 2 is 2.31 bits per heavy atom. The molecule has 0 atom stereocenters. The number of nitrogens with two attached hydrogens (primary N) is 1. The van der Waals surface area contributed by atoms with Crippen molar-refractivity contribution in [2.75, 3.05) is 5.75 Å². The SMILES string of the molecule is N/C(CSc1nnc2n1CCCCC2)=N\O. The third kappa shape index (κ3) is 2.46. The second-order valence-corrected chi connectivity index (χ2v) is 4.68. The lowest BCUT2D eigenvalue weighted by atomic mass is 10.2. The van der Waals surface area contributed by atoms with E-state index in [1.54, 1.807) is 0 Å². The predicted molar refractivity (Wildman–Crippen MR) is 61.7 cm³/mol. The fourth-order valence-corrected chi connectivity index (χ4v) is 2.52. The van der Waals surface area contributed by atoms with E-state index in [0.717, 1.165) is 23.9 Å². The predicted octanol–water partition coefficient (Wildman–Crippen LogP) is 0.843. The average Bonchev–Trinajstić information content (AvgIpc) is 2.54. The molecule has 0 unspecified atom stereocenters. The molecule has 0 amide bonds. The maximum Gasteiger partial charge on any atom is 0.191 e. The number of aromatic nitrogens is 3. The summed E-state index contributed by atoms with van der Waals surface area (Å²) in [5.41, 5.74) is 5.42. The minimum Gasteiger partial charge on any atom is -0.409 e. The third-order valence-corrected chi connectivity index (χ3v) is 3.55. The number of aryl methyl sites for hydroxylation is 1. The molecule has 0 radical (unpaired) electrons. The fourth-order valence-electron chi connectivity index (χ4n) is 1.73. The van der Waals surface area contributed by atoms with Gasteiger partial charge in [-0.15, -0.1) is 10.2 Å². The van der Waals surface area contributed by atoms with Crippen LogP contribution in [0.25, 0.3) is 0 Å². The van der Waals surface area contributed by atoms with Crippen molar-refractivity contribution < 1.29 is 5.21 Å². The molecule has 1 aliphatic heterocycles. The molecule has 2 rings (SSSR count). The highest BCUT2D eigenvalue weighted by molar-refractivity contribution is 7.99. The van der Waals surface area contributed by atoms with Crippen LogP contribution in [0, 0.1) is 0 Å². The van der Waals surface area contributed by atoms with Gasteiger partial charge >= 0.3 is 0 Å². The highest BCUT2D eigenvalue weighted by Crippen LogP contribution is 2.21. The minimum absolute atomic E-state index is 0.205. The lowest BCUT2D eigenvalue weighted by molar-refractivity contribution is 0.318. The summed E-state index contributed by atoms with van der Waals surface area (Å²) in [6.45, 7) is 0.973. The van der Waals surface area contributed by atoms with Crippen molar-refractivity contribution in [2.45, 2.75) is 37.4 Å². The molecule has 0 aliphatic carbocycles. The van der Waals surface area contributed by atoms with Gasteiger partial charge in [-0.1, -0.05) is 23.3 Å². The Labute approximate surface area is 97.9 Å². The second-order valence-electron chi connectivity index (χ2n) is 3.74. The number of rotatable bonds is 3. The fraction of sp³-hybridized carbons (Fsp3) is 0.667. The van der Waals surface area contributed by atoms with E-state index in [4.69, 9.17) is 10.9 Å². The van der Waals surface area contributed by atoms with E-state index in [1.165, 1.54) is 31.0 Å². The van der Waals surface area contributed by atoms with Crippen LogP contribution >= 0.6 is 11.8 Å². The first kappa shape index (κ1) is 11.3. The molecule has 2 heterocycles. The summed E-state index contributed by atoms with van der Waals surface area (Å²) < 4.78 is 2.14. The zero-order chi connectivity index (χ0) is 11.4. The molecule has 1 aromatic heterocycles. The van der Waals surface area contributed by atoms with Crippen molar-refractivity contribution in [1.82, 2.24) is 14.8 Å². The molecular formula is C9H15N5OS. The van der Waals surface area contributed by atoms with Gasteiger partial charge in [0.25, 0.3) is 0 Å². The zero-order valence-corrected chi connectivity index (χ0v) is 9.78. The van der Waals surface area contributed by atoms with Gasteiger partial charge in [0.15, 0.2) is 5.16 Å². The Kier molecular flexibility index (Phi) is 3.66. The first-order chi connectivity index (χ1) is 7.81. The Balaban J connectivity index is 2.07. The van der Waals surface area contributed by atoms with Crippen molar-refractivity contribution in [2.24, 2.45) is 10.9 Å². The summed E-state index contributed by atoms with van der Waals surface area (Å²) in [5, 5.41) is 20.6. The molecule has 0 aromatic carbocycles. The maximum atomic E-state index is 8.45. The number of hydrogen-bond donors (Lipinski definition) is 2. The second kappa shape index (κ2) is 5.20. The third-order valence-electron chi connectivity index (χ3n) is 2.55. The van der Waals surface area contributed by atoms with E-state index in [2.05, 4.69) is 19.9 Å². The number of hydrogen-bond acceptors (Lipinski definition) is 5. The number of fused-ring (bicyclic) bond motifs is 1. The molecule has 1 aromatic rings. The molecule has 0 bridgehead atoms. The van der Waals surface area contributed by atoms with Crippen molar-refractivity contribution in [3.05, 3.63) is 5.82 Å². The Hall–Kier alpha value is -1.24. The van der Waals surface area contributed by atoms with Gasteiger partial charge in [0.1, 0.15) is 11.7 Å². The summed E-state index contributed by atoms with van der Waals surface area (Å²) in [7, 11) is 0. The monoisotopic (exact) mass is 241 g/mol. The normalized spacial score (nSPS) is 16.9. The molecule has 6 nitrogen and oxygen atoms in total. The first-order valence-electron chi connectivity index (χ1n) is 5.32. The highest BCUT2D eigenvalue weighted by atomic mass is 32.2. The Bertz CT molecular complexity index is 389. The Morgan fingerprint density at radius 1 is 1.44 bits per heavy atom. The molecule has 1 aliphatic rings. The quantitative estimate of drug-likeness (QED) is 0.269. The van der Waals surface area contributed by atoms with Gasteiger partial charge in [-0.05, 0) is 12.8 Å². The molecule has 0 fully saturated rings. The Morgan fingerprint density at radius 3 is 3.12 bits per heavy atom. The smallest absolute Gasteiger partial charge is 0.191 e. The van der Waals surface area contributed by atoms with Crippen LogP contribution in [0.2, 0.25) is 0 Å². The lowest BCUT2D eigenvalue weighted by Gasteiger charge is -2.05. The van der Waals surface area contributed by atoms with E-state index in [9.17, 15) is 0 Å². The lowest BCUT2D eigenvalue weighted by Crippen LogP contribution is -2.15. The summed E-state index contributed by atoms with van der Waals surface area (Å²) in [4.78, 5) is 0. The zero-order valence-electron chi connectivity index (χ0n) is 8.96. The van der Waals surface area contributed by atoms with Crippen LogP contribution < -0.4 is 5.73 Å². The van der Waals surface area contributed by atoms with Gasteiger partial charge in [-0.3, -0.25) is 0 Å². The van der Waals surface area contributed by atoms with E-state index in [-0.39, 0.29) is 5.84 Å². The van der Waals surface area contributed by atoms with Gasteiger partial charge in [0.05, 0.1) is 5.75 Å². The van der Waals surface area contributed by atoms with E-state index in [1.807, 2.05) is 0 Å². The van der Waals surface area contributed by atoms with Crippen LogP contribution in [0.4, 0.5) is 0 Å². The molecular weight excluding hydrogens is 226 g/mol. The highest BCUT2D eigenvalue weighted by Gasteiger charge is 2.14.